The minimum absolute atomic E-state index is 0.112. The molecule has 24 heteroatoms. The van der Waals surface area contributed by atoms with E-state index in [0.29, 0.717) is 81.2 Å². The summed E-state index contributed by atoms with van der Waals surface area (Å²) >= 11 is 39.4. The van der Waals surface area contributed by atoms with Gasteiger partial charge in [-0.1, -0.05) is 223 Å². The Bertz CT molecular complexity index is 1780. The van der Waals surface area contributed by atoms with Gasteiger partial charge >= 0.3 is 0 Å². The number of thiocarbonyl (C=S) groups is 6. The van der Waals surface area contributed by atoms with Crippen molar-refractivity contribution in [2.75, 3.05) is 101 Å². The first-order valence-electron chi connectivity index (χ1n) is 33.1. The van der Waals surface area contributed by atoms with Gasteiger partial charge in [-0.2, -0.15) is 0 Å². The lowest BCUT2D eigenvalue weighted by Crippen LogP contribution is -2.25. The fraction of sp³-hybridized carbons (Fsp3) is 0.906. The summed E-state index contributed by atoms with van der Waals surface area (Å²) in [6.45, 7) is 31.3. The molecule has 516 valence electrons. The third-order valence-corrected chi connectivity index (χ3v) is 22.4. The topological polar surface area (TPSA) is 111 Å². The molecule has 6 aliphatic heterocycles. The van der Waals surface area contributed by atoms with Crippen molar-refractivity contribution in [3.63, 3.8) is 0 Å². The van der Waals surface area contributed by atoms with E-state index in [-0.39, 0.29) is 36.6 Å². The standard InChI is InChI=1S/C15H28O3S2.C12H22O2S2.C11H20O3S2.C11H20OS2.C8H14O2S2.C7H12OS2/c1-4-6-7-13(5-2)9-16-8-12(3)17-10-14-11-20-15(19)18-14;1-3-5-6-10(4-2)7-13-8-11-9-16-12(15)14-11;1-3-4-5-12-6-9(2)13-7-10-8-16-11(15)14-10;1-3-5-6-9(4-2)7-10-8-14-11(13)12-10;1-2-3-4-9-5-7-6-12-8(11)10-7;1-2-3-4-6-5-10-7(9)8-6/h12-14H,4-11H2,1-3H3;10-11H,3-9H2,1-2H3;9-10H,3-8H2,1-2H3;9-10H,3-8H2,1-2H3;7H,2-6H2,1H3;6H,2-5H2,1H3. The monoisotopic (exact) mass is 1460 g/mol. The predicted octanol–water partition coefficient (Wildman–Crippen LogP) is 19.1. The molecule has 0 aromatic heterocycles. The van der Waals surface area contributed by atoms with Crippen LogP contribution in [-0.2, 0) is 56.8 Å². The van der Waals surface area contributed by atoms with Crippen molar-refractivity contribution in [2.45, 2.75) is 253 Å². The molecule has 0 saturated carbocycles. The Morgan fingerprint density at radius 1 is 0.352 bits per heavy atom. The maximum Gasteiger partial charge on any atom is 0.220 e. The summed E-state index contributed by atoms with van der Waals surface area (Å²) in [5.74, 6) is 8.08. The highest BCUT2D eigenvalue weighted by Crippen LogP contribution is 2.29. The number of thioether (sulfide) groups is 6. The van der Waals surface area contributed by atoms with Crippen molar-refractivity contribution < 1.29 is 56.8 Å². The van der Waals surface area contributed by atoms with Gasteiger partial charge in [-0.05, 0) is 143 Å². The molecule has 0 radical (unpaired) electrons. The molecule has 6 fully saturated rings. The maximum atomic E-state index is 5.79. The van der Waals surface area contributed by atoms with Crippen LogP contribution in [0.4, 0.5) is 0 Å². The van der Waals surface area contributed by atoms with Gasteiger partial charge in [-0.3, -0.25) is 0 Å². The van der Waals surface area contributed by atoms with E-state index in [1.165, 1.54) is 116 Å². The van der Waals surface area contributed by atoms with Crippen LogP contribution in [0, 0.1) is 17.8 Å². The summed E-state index contributed by atoms with van der Waals surface area (Å²) < 4.78 is 70.4. The lowest BCUT2D eigenvalue weighted by molar-refractivity contribution is -0.0371. The van der Waals surface area contributed by atoms with Crippen LogP contribution in [0.1, 0.15) is 205 Å². The highest BCUT2D eigenvalue weighted by Gasteiger charge is 2.27. The van der Waals surface area contributed by atoms with E-state index < -0.39 is 0 Å². The van der Waals surface area contributed by atoms with Crippen LogP contribution < -0.4 is 0 Å². The third kappa shape index (κ3) is 48.8. The van der Waals surface area contributed by atoms with Gasteiger partial charge in [0.2, 0.25) is 26.3 Å². The molecule has 6 aliphatic rings. The molecular formula is C64H116O12S12. The molecule has 0 aliphatic carbocycles. The molecule has 0 bridgehead atoms. The van der Waals surface area contributed by atoms with E-state index in [0.717, 1.165) is 88.5 Å². The van der Waals surface area contributed by atoms with Crippen LogP contribution in [0.2, 0.25) is 0 Å². The van der Waals surface area contributed by atoms with E-state index >= 15 is 0 Å². The molecule has 6 saturated heterocycles. The van der Waals surface area contributed by atoms with Crippen LogP contribution in [-0.4, -0.2) is 176 Å². The summed E-state index contributed by atoms with van der Waals surface area (Å²) in [6, 6.07) is 0. The second-order valence-electron chi connectivity index (χ2n) is 22.7. The molecule has 12 nitrogen and oxygen atoms in total. The molecule has 11 unspecified atom stereocenters. The summed E-state index contributed by atoms with van der Waals surface area (Å²) in [5.41, 5.74) is 0. The van der Waals surface area contributed by atoms with Gasteiger partial charge < -0.3 is 56.8 Å². The van der Waals surface area contributed by atoms with Gasteiger partial charge in [0, 0.05) is 60.9 Å². The minimum atomic E-state index is 0.112. The predicted molar refractivity (Wildman–Crippen MR) is 408 cm³/mol. The summed E-state index contributed by atoms with van der Waals surface area (Å²) in [5, 5.41) is 0. The number of ether oxygens (including phenoxy) is 12. The largest absolute Gasteiger partial charge is 0.474 e. The Morgan fingerprint density at radius 3 is 1.03 bits per heavy atom. The Balaban J connectivity index is 0.000000534. The van der Waals surface area contributed by atoms with Crippen LogP contribution in [0.25, 0.3) is 0 Å². The van der Waals surface area contributed by atoms with Crippen molar-refractivity contribution >= 4 is 170 Å². The number of hydrogen-bond acceptors (Lipinski definition) is 24. The molecule has 0 spiro atoms. The van der Waals surface area contributed by atoms with Gasteiger partial charge in [0.1, 0.15) is 36.6 Å². The van der Waals surface area contributed by atoms with Crippen molar-refractivity contribution in [3.05, 3.63) is 0 Å². The highest BCUT2D eigenvalue weighted by molar-refractivity contribution is 8.24. The fourth-order valence-electron chi connectivity index (χ4n) is 8.72. The number of rotatable bonds is 41. The SMILES string of the molecule is CCCCC(CC)CC1CSC(=S)O1.CCCCC(CC)COCC(C)OCC1CSC(=S)O1.CCCCC(CC)COCC1CSC(=S)O1.CCCCC1CSC(=S)O1.CCCCOCC(C)OCC1CSC(=S)O1.CCCCOCC1CSC(=S)O1. The molecule has 6 heterocycles. The molecular weight excluding hydrogens is 1350 g/mol. The van der Waals surface area contributed by atoms with Crippen molar-refractivity contribution in [1.82, 2.24) is 0 Å². The second kappa shape index (κ2) is 59.5. The quantitative estimate of drug-likeness (QED) is 0.0427. The first-order valence-corrected chi connectivity index (χ1v) is 41.5. The molecule has 6 rings (SSSR count). The zero-order valence-corrected chi connectivity index (χ0v) is 65.4. The fourth-order valence-corrected chi connectivity index (χ4v) is 15.0. The smallest absolute Gasteiger partial charge is 0.220 e. The van der Waals surface area contributed by atoms with Gasteiger partial charge in [0.05, 0.1) is 51.8 Å². The lowest BCUT2D eigenvalue weighted by Gasteiger charge is -2.19. The van der Waals surface area contributed by atoms with Gasteiger partial charge in [0.25, 0.3) is 0 Å². The zero-order chi connectivity index (χ0) is 65.0. The molecule has 0 aromatic rings. The van der Waals surface area contributed by atoms with Crippen LogP contribution in [0.5, 0.6) is 0 Å². The Morgan fingerprint density at radius 2 is 0.670 bits per heavy atom. The van der Waals surface area contributed by atoms with E-state index in [1.807, 2.05) is 13.8 Å². The molecule has 0 N–H and O–H groups in total. The van der Waals surface area contributed by atoms with Crippen molar-refractivity contribution in [1.29, 1.82) is 0 Å². The average Bonchev–Trinajstić information content (AvgIpc) is 4.51. The van der Waals surface area contributed by atoms with Crippen LogP contribution >= 0.6 is 144 Å². The molecule has 0 amide bonds. The van der Waals surface area contributed by atoms with Gasteiger partial charge in [-0.25, -0.2) is 0 Å². The summed E-state index contributed by atoms with van der Waals surface area (Å²) in [7, 11) is 0. The Kier molecular flexibility index (Phi) is 58.9. The third-order valence-electron chi connectivity index (χ3n) is 14.4. The number of unbranched alkanes of at least 4 members (excludes halogenated alkanes) is 6. The van der Waals surface area contributed by atoms with Crippen molar-refractivity contribution in [2.24, 2.45) is 17.8 Å². The average molecular weight is 1460 g/mol. The molecule has 0 aromatic carbocycles. The van der Waals surface area contributed by atoms with Crippen LogP contribution in [0.3, 0.4) is 0 Å². The van der Waals surface area contributed by atoms with E-state index in [2.05, 4.69) is 62.3 Å². The second-order valence-corrected chi connectivity index (χ2v) is 32.4. The van der Waals surface area contributed by atoms with Gasteiger partial charge in [-0.15, -0.1) is 0 Å². The summed E-state index contributed by atoms with van der Waals surface area (Å²) in [6.07, 6.45) is 26.5. The van der Waals surface area contributed by atoms with E-state index in [1.54, 1.807) is 70.6 Å². The highest BCUT2D eigenvalue weighted by atomic mass is 32.2. The number of hydrogen-bond donors (Lipinski definition) is 0. The van der Waals surface area contributed by atoms with Gasteiger partial charge in [0.15, 0.2) is 0 Å². The van der Waals surface area contributed by atoms with E-state index in [9.17, 15) is 0 Å². The minimum Gasteiger partial charge on any atom is -0.474 e. The van der Waals surface area contributed by atoms with E-state index in [4.69, 9.17) is 130 Å². The van der Waals surface area contributed by atoms with Crippen molar-refractivity contribution in [3.8, 4) is 0 Å². The lowest BCUT2D eigenvalue weighted by atomic mass is 9.93. The normalized spacial score (nSPS) is 22.7. The summed E-state index contributed by atoms with van der Waals surface area (Å²) in [4.78, 5) is 0. The first-order chi connectivity index (χ1) is 42.5. The molecule has 11 atom stereocenters. The van der Waals surface area contributed by atoms with Crippen LogP contribution in [0.15, 0.2) is 0 Å². The molecule has 88 heavy (non-hydrogen) atoms. The Labute approximate surface area is 593 Å². The Hall–Kier alpha value is 1.20. The zero-order valence-electron chi connectivity index (χ0n) is 55.6. The maximum absolute atomic E-state index is 5.79. The first kappa shape index (κ1) is 87.2.